The summed E-state index contributed by atoms with van der Waals surface area (Å²) in [6.07, 6.45) is 0. The molecule has 1 aromatic rings. The van der Waals surface area contributed by atoms with Crippen molar-refractivity contribution in [3.05, 3.63) is 45.5 Å². The quantitative estimate of drug-likeness (QED) is 0.623. The smallest absolute Gasteiger partial charge is 1.00 e. The van der Waals surface area contributed by atoms with Crippen LogP contribution in [0.2, 0.25) is 0 Å². The first kappa shape index (κ1) is 25.0. The normalized spacial score (nSPS) is 16.5. The van der Waals surface area contributed by atoms with Gasteiger partial charge in [-0.15, -0.1) is 0 Å². The second-order valence-electron chi connectivity index (χ2n) is 8.18. The summed E-state index contributed by atoms with van der Waals surface area (Å²) in [5, 5.41) is 0. The molecule has 3 heteroatoms. The van der Waals surface area contributed by atoms with E-state index in [1.54, 1.807) is 5.56 Å². The number of hydrogen-bond donors (Lipinski definition) is 0. The molecule has 0 atom stereocenters. The van der Waals surface area contributed by atoms with Gasteiger partial charge in [0.2, 0.25) is 0 Å². The zero-order chi connectivity index (χ0) is 17.7. The molecular weight excluding hydrogens is 383 g/mol. The maximum absolute atomic E-state index is 2.39. The number of halogens is 2. The Morgan fingerprint density at radius 1 is 0.840 bits per heavy atom. The Morgan fingerprint density at radius 2 is 1.36 bits per heavy atom. The van der Waals surface area contributed by atoms with Gasteiger partial charge in [-0.3, -0.25) is 0 Å². The van der Waals surface area contributed by atoms with Gasteiger partial charge < -0.3 is 24.8 Å². The predicted octanol–water partition coefficient (Wildman–Crippen LogP) is 0.263. The maximum atomic E-state index is 2.39. The molecule has 0 aliphatic heterocycles. The van der Waals surface area contributed by atoms with Crippen LogP contribution in [0.1, 0.15) is 90.8 Å². The summed E-state index contributed by atoms with van der Waals surface area (Å²) in [7, 11) is 0. The van der Waals surface area contributed by atoms with E-state index in [0.717, 1.165) is 0 Å². The standard InChI is InChI=1S/C22H31.2ClH.Ti/c1-13(2)18-10-11-19(20(12-18)14(3)4)21-16(6)15(5)17(7)22(21,8)9;;;/h10-11,13-14H,1-9H3;2*1H;/q;;;+2/p-2. The van der Waals surface area contributed by atoms with Crippen LogP contribution in [0.15, 0.2) is 28.9 Å². The Hall–Kier alpha value is -0.00571. The van der Waals surface area contributed by atoms with Crippen LogP contribution in [0, 0.1) is 5.41 Å². The number of benzene rings is 1. The molecular formula is C22H31Cl2Ti. The third-order valence-electron chi connectivity index (χ3n) is 5.81. The first-order chi connectivity index (χ1) is 10.5. The molecule has 1 aromatic carbocycles. The van der Waals surface area contributed by atoms with E-state index < -0.39 is 0 Å². The zero-order valence-electron chi connectivity index (χ0n) is 17.1. The summed E-state index contributed by atoms with van der Waals surface area (Å²) in [6, 6.07) is 4.75. The van der Waals surface area contributed by atoms with E-state index in [9.17, 15) is 0 Å². The minimum atomic E-state index is 0. The summed E-state index contributed by atoms with van der Waals surface area (Å²) < 4.78 is 1.49. The molecule has 0 saturated carbocycles. The molecule has 0 N–H and O–H groups in total. The molecule has 0 spiro atoms. The molecule has 0 unspecified atom stereocenters. The topological polar surface area (TPSA) is 0 Å². The van der Waals surface area contributed by atoms with Crippen LogP contribution < -0.4 is 28.7 Å². The van der Waals surface area contributed by atoms with E-state index in [1.165, 1.54) is 37.3 Å². The maximum Gasteiger partial charge on any atom is -1.00 e. The Labute approximate surface area is 179 Å². The van der Waals surface area contributed by atoms with Crippen LogP contribution in [0.5, 0.6) is 0 Å². The molecule has 137 valence electrons. The van der Waals surface area contributed by atoms with Crippen LogP contribution in [0.3, 0.4) is 0 Å². The molecule has 0 heterocycles. The largest absolute Gasteiger partial charge is 1.00 e. The number of hydrogen-bond acceptors (Lipinski definition) is 0. The van der Waals surface area contributed by atoms with Gasteiger partial charge in [-0.05, 0) is 0 Å². The van der Waals surface area contributed by atoms with E-state index >= 15 is 0 Å². The molecule has 0 aromatic heterocycles. The molecule has 0 fully saturated rings. The Bertz CT molecular complexity index is 707. The molecule has 1 aliphatic carbocycles. The molecule has 0 nitrogen and oxygen atoms in total. The molecule has 0 bridgehead atoms. The van der Waals surface area contributed by atoms with Crippen LogP contribution in [-0.4, -0.2) is 0 Å². The van der Waals surface area contributed by atoms with Gasteiger partial charge in [0.1, 0.15) is 0 Å². The van der Waals surface area contributed by atoms with Gasteiger partial charge >= 0.3 is 155 Å². The fourth-order valence-corrected chi connectivity index (χ4v) is 5.31. The Balaban J connectivity index is 0.00000288. The van der Waals surface area contributed by atoms with Crippen molar-refractivity contribution in [2.75, 3.05) is 0 Å². The van der Waals surface area contributed by atoms with Gasteiger partial charge in [-0.1, -0.05) is 0 Å². The Kier molecular flexibility index (Phi) is 8.79. The fraction of sp³-hybridized carbons (Fsp3) is 0.545. The summed E-state index contributed by atoms with van der Waals surface area (Å²) in [5.41, 5.74) is 10.6. The van der Waals surface area contributed by atoms with E-state index in [1.807, 2.05) is 0 Å². The molecule has 25 heavy (non-hydrogen) atoms. The molecule has 2 rings (SSSR count). The molecule has 0 saturated heterocycles. The number of allylic oxidation sites excluding steroid dienone is 4. The Morgan fingerprint density at radius 3 is 1.72 bits per heavy atom. The van der Waals surface area contributed by atoms with E-state index in [4.69, 9.17) is 0 Å². The second kappa shape index (κ2) is 8.79. The summed E-state index contributed by atoms with van der Waals surface area (Å²) >= 11 is 2.32. The minimum absolute atomic E-state index is 0. The fourth-order valence-electron chi connectivity index (χ4n) is 4.07. The zero-order valence-corrected chi connectivity index (χ0v) is 20.1. The van der Waals surface area contributed by atoms with Crippen LogP contribution in [0.25, 0.3) is 5.57 Å². The summed E-state index contributed by atoms with van der Waals surface area (Å²) in [4.78, 5) is 0. The van der Waals surface area contributed by atoms with Crippen molar-refractivity contribution < 1.29 is 45.2 Å². The van der Waals surface area contributed by atoms with E-state index in [0.29, 0.717) is 11.8 Å². The van der Waals surface area contributed by atoms with Crippen molar-refractivity contribution in [3.63, 3.8) is 0 Å². The van der Waals surface area contributed by atoms with Crippen LogP contribution in [-0.2, 0) is 20.4 Å². The number of rotatable bonds is 3. The van der Waals surface area contributed by atoms with Gasteiger partial charge in [0.05, 0.1) is 0 Å². The first-order valence-corrected chi connectivity index (χ1v) is 9.58. The summed E-state index contributed by atoms with van der Waals surface area (Å²) in [6.45, 7) is 20.9. The third-order valence-corrected chi connectivity index (χ3v) is 6.68. The van der Waals surface area contributed by atoms with Gasteiger partial charge in [-0.25, -0.2) is 0 Å². The molecule has 1 aliphatic rings. The first-order valence-electron chi connectivity index (χ1n) is 8.80. The predicted molar refractivity (Wildman–Crippen MR) is 99.0 cm³/mol. The van der Waals surface area contributed by atoms with Gasteiger partial charge in [0, 0.05) is 0 Å². The van der Waals surface area contributed by atoms with Crippen molar-refractivity contribution in [3.8, 4) is 0 Å². The summed E-state index contributed by atoms with van der Waals surface area (Å²) in [5.74, 6) is 1.12. The van der Waals surface area contributed by atoms with E-state index in [-0.39, 0.29) is 30.2 Å². The van der Waals surface area contributed by atoms with Crippen molar-refractivity contribution >= 4 is 9.44 Å². The molecule has 0 amide bonds. The monoisotopic (exact) mass is 413 g/mol. The van der Waals surface area contributed by atoms with Crippen molar-refractivity contribution in [1.29, 1.82) is 0 Å². The van der Waals surface area contributed by atoms with Gasteiger partial charge in [-0.2, -0.15) is 0 Å². The van der Waals surface area contributed by atoms with Crippen molar-refractivity contribution in [2.24, 2.45) is 5.41 Å². The van der Waals surface area contributed by atoms with Crippen molar-refractivity contribution in [2.45, 2.75) is 74.1 Å². The van der Waals surface area contributed by atoms with Crippen LogP contribution >= 0.6 is 0 Å². The minimum Gasteiger partial charge on any atom is -1.00 e. The van der Waals surface area contributed by atoms with Crippen LogP contribution in [0.4, 0.5) is 0 Å². The van der Waals surface area contributed by atoms with Crippen molar-refractivity contribution in [1.82, 2.24) is 0 Å². The molecule has 0 radical (unpaired) electrons. The second-order valence-corrected chi connectivity index (χ2v) is 8.96. The van der Waals surface area contributed by atoms with Gasteiger partial charge in [0.25, 0.3) is 0 Å². The average molecular weight is 414 g/mol. The SMILES string of the molecule is CC1=C(C)C(C)(C)C(c2ccc(C(C)C)[c]([Ti+2])c2C(C)C)=C1C.[Cl-].[Cl-]. The van der Waals surface area contributed by atoms with E-state index in [2.05, 4.69) is 94.9 Å². The third kappa shape index (κ3) is 4.13. The van der Waals surface area contributed by atoms with Gasteiger partial charge in [0.15, 0.2) is 0 Å². The average Bonchev–Trinajstić information content (AvgIpc) is 2.58.